The molecule has 8 nitrogen and oxygen atoms in total. The molecule has 3 aromatic rings. The first-order chi connectivity index (χ1) is 17.9. The van der Waals surface area contributed by atoms with Crippen molar-refractivity contribution in [1.29, 1.82) is 0 Å². The Balaban J connectivity index is 1.82. The Morgan fingerprint density at radius 1 is 0.974 bits per heavy atom. The molecule has 0 aliphatic heterocycles. The number of ether oxygens (including phenoxy) is 3. The molecule has 0 unspecified atom stereocenters. The van der Waals surface area contributed by atoms with E-state index in [0.717, 1.165) is 17.4 Å². The Kier molecular flexibility index (Phi) is 8.76. The van der Waals surface area contributed by atoms with Gasteiger partial charge in [-0.05, 0) is 45.4 Å². The molecular weight excluding hydrogens is 541 g/mol. The van der Waals surface area contributed by atoms with Crippen molar-refractivity contribution in [1.82, 2.24) is 0 Å². The van der Waals surface area contributed by atoms with Gasteiger partial charge < -0.3 is 23.9 Å². The van der Waals surface area contributed by atoms with Crippen molar-refractivity contribution in [2.75, 3.05) is 11.9 Å². The van der Waals surface area contributed by atoms with Crippen LogP contribution in [-0.4, -0.2) is 30.6 Å². The number of thiophene rings is 1. The second-order valence-electron chi connectivity index (χ2n) is 7.84. The first kappa shape index (κ1) is 28.6. The molecule has 3 rings (SSSR count). The molecule has 0 aliphatic carbocycles. The zero-order valence-electron chi connectivity index (χ0n) is 20.3. The first-order valence-corrected chi connectivity index (χ1v) is 11.7. The number of esters is 2. The highest BCUT2D eigenvalue weighted by Gasteiger charge is 2.29. The molecule has 0 saturated heterocycles. The highest BCUT2D eigenvalue weighted by atomic mass is 32.1. The third kappa shape index (κ3) is 5.79. The molecule has 38 heavy (non-hydrogen) atoms. The summed E-state index contributed by atoms with van der Waals surface area (Å²) >= 11 is 0.775. The topological polar surface area (TPSA) is 104 Å². The standard InChI is InChI=1S/C24H20F5NO7S/c1-5-34-24(33)20-10(4)13(23(32)36-9(2)3)22(38-20)30-21(31)12-7-6-11(37-12)8-35-19-17(28)15(26)14(25)16(27)18(19)29/h6-7,9H,5,8H2,1-4H3,(H,30,31). The summed E-state index contributed by atoms with van der Waals surface area (Å²) in [6.45, 7) is 5.60. The fraction of sp³-hybridized carbons (Fsp3) is 0.292. The minimum absolute atomic E-state index is 0.0307. The third-order valence-corrected chi connectivity index (χ3v) is 5.98. The van der Waals surface area contributed by atoms with Crippen LogP contribution in [0.15, 0.2) is 16.5 Å². The minimum atomic E-state index is -2.34. The molecule has 0 aliphatic rings. The summed E-state index contributed by atoms with van der Waals surface area (Å²) in [6.07, 6.45) is -0.498. The van der Waals surface area contributed by atoms with Crippen LogP contribution in [0.1, 0.15) is 62.7 Å². The van der Waals surface area contributed by atoms with Gasteiger partial charge in [-0.15, -0.1) is 11.3 Å². The monoisotopic (exact) mass is 561 g/mol. The molecule has 0 bridgehead atoms. The van der Waals surface area contributed by atoms with E-state index in [1.807, 2.05) is 0 Å². The molecule has 2 heterocycles. The Hall–Kier alpha value is -3.94. The average Bonchev–Trinajstić information content (AvgIpc) is 3.45. The van der Waals surface area contributed by atoms with Crippen LogP contribution >= 0.6 is 11.3 Å². The highest BCUT2D eigenvalue weighted by Crippen LogP contribution is 2.35. The molecule has 0 saturated carbocycles. The molecule has 204 valence electrons. The van der Waals surface area contributed by atoms with Crippen LogP contribution in [0, 0.1) is 36.0 Å². The van der Waals surface area contributed by atoms with E-state index in [2.05, 4.69) is 5.32 Å². The number of amides is 1. The first-order valence-electron chi connectivity index (χ1n) is 10.9. The van der Waals surface area contributed by atoms with Gasteiger partial charge in [0.05, 0.1) is 18.3 Å². The van der Waals surface area contributed by atoms with E-state index in [1.54, 1.807) is 20.8 Å². The van der Waals surface area contributed by atoms with Gasteiger partial charge in [0.2, 0.25) is 29.1 Å². The molecule has 0 atom stereocenters. The van der Waals surface area contributed by atoms with Crippen LogP contribution in [0.5, 0.6) is 5.75 Å². The van der Waals surface area contributed by atoms with Crippen LogP contribution in [0.25, 0.3) is 0 Å². The maximum Gasteiger partial charge on any atom is 0.348 e. The Bertz CT molecular complexity index is 1370. The normalized spacial score (nSPS) is 11.0. The van der Waals surface area contributed by atoms with Crippen LogP contribution in [0.2, 0.25) is 0 Å². The van der Waals surface area contributed by atoms with Gasteiger partial charge in [-0.3, -0.25) is 4.79 Å². The van der Waals surface area contributed by atoms with Crippen molar-refractivity contribution < 1.29 is 55.0 Å². The fourth-order valence-electron chi connectivity index (χ4n) is 3.11. The third-order valence-electron chi connectivity index (χ3n) is 4.80. The maximum absolute atomic E-state index is 13.8. The maximum atomic E-state index is 13.8. The smallest absolute Gasteiger partial charge is 0.348 e. The van der Waals surface area contributed by atoms with E-state index in [1.165, 1.54) is 13.0 Å². The van der Waals surface area contributed by atoms with Gasteiger partial charge in [-0.1, -0.05) is 0 Å². The number of hydrogen-bond acceptors (Lipinski definition) is 8. The van der Waals surface area contributed by atoms with Crippen molar-refractivity contribution in [2.24, 2.45) is 0 Å². The van der Waals surface area contributed by atoms with E-state index >= 15 is 0 Å². The predicted molar refractivity (Wildman–Crippen MR) is 123 cm³/mol. The molecule has 0 fully saturated rings. The number of anilines is 1. The van der Waals surface area contributed by atoms with Gasteiger partial charge in [0.25, 0.3) is 5.91 Å². The van der Waals surface area contributed by atoms with E-state index in [-0.39, 0.29) is 39.1 Å². The summed E-state index contributed by atoms with van der Waals surface area (Å²) in [6, 6.07) is 2.31. The summed E-state index contributed by atoms with van der Waals surface area (Å²) in [5, 5.41) is 2.41. The van der Waals surface area contributed by atoms with E-state index in [9.17, 15) is 36.3 Å². The van der Waals surface area contributed by atoms with Crippen LogP contribution in [0.4, 0.5) is 27.0 Å². The molecule has 14 heteroatoms. The lowest BCUT2D eigenvalue weighted by Crippen LogP contribution is -2.16. The number of nitrogens with one attached hydrogen (secondary N) is 1. The van der Waals surface area contributed by atoms with Crippen molar-refractivity contribution in [2.45, 2.75) is 40.4 Å². The highest BCUT2D eigenvalue weighted by molar-refractivity contribution is 7.18. The number of halogens is 5. The quantitative estimate of drug-likeness (QED) is 0.150. The molecule has 0 radical (unpaired) electrons. The fourth-order valence-corrected chi connectivity index (χ4v) is 4.19. The van der Waals surface area contributed by atoms with Crippen LogP contribution in [-0.2, 0) is 16.1 Å². The van der Waals surface area contributed by atoms with Gasteiger partial charge in [0, 0.05) is 0 Å². The van der Waals surface area contributed by atoms with Crippen molar-refractivity contribution >= 4 is 34.2 Å². The van der Waals surface area contributed by atoms with E-state index in [0.29, 0.717) is 0 Å². The zero-order valence-corrected chi connectivity index (χ0v) is 21.1. The second-order valence-corrected chi connectivity index (χ2v) is 8.86. The number of hydrogen-bond donors (Lipinski definition) is 1. The molecule has 0 spiro atoms. The molecule has 1 N–H and O–H groups in total. The Labute approximate surface area is 216 Å². The Morgan fingerprint density at radius 3 is 2.16 bits per heavy atom. The van der Waals surface area contributed by atoms with Crippen molar-refractivity contribution in [3.8, 4) is 5.75 Å². The lowest BCUT2D eigenvalue weighted by atomic mass is 10.1. The summed E-state index contributed by atoms with van der Waals surface area (Å²) in [5.41, 5.74) is 0.160. The largest absolute Gasteiger partial charge is 0.479 e. The predicted octanol–water partition coefficient (Wildman–Crippen LogP) is 5.92. The van der Waals surface area contributed by atoms with Crippen molar-refractivity contribution in [3.05, 3.63) is 68.7 Å². The van der Waals surface area contributed by atoms with E-state index < -0.39 is 65.4 Å². The zero-order chi connectivity index (χ0) is 28.3. The van der Waals surface area contributed by atoms with Gasteiger partial charge in [0.1, 0.15) is 22.2 Å². The summed E-state index contributed by atoms with van der Waals surface area (Å²) < 4.78 is 87.6. The molecular formula is C24H20F5NO7S. The van der Waals surface area contributed by atoms with Gasteiger partial charge in [-0.2, -0.15) is 8.78 Å². The Morgan fingerprint density at radius 2 is 1.58 bits per heavy atom. The second kappa shape index (κ2) is 11.6. The minimum Gasteiger partial charge on any atom is -0.479 e. The molecule has 1 aromatic carbocycles. The van der Waals surface area contributed by atoms with Gasteiger partial charge in [0.15, 0.2) is 11.5 Å². The van der Waals surface area contributed by atoms with Crippen molar-refractivity contribution in [3.63, 3.8) is 0 Å². The number of carbonyl (C=O) groups is 3. The number of rotatable bonds is 9. The van der Waals surface area contributed by atoms with Crippen LogP contribution < -0.4 is 10.1 Å². The summed E-state index contributed by atoms with van der Waals surface area (Å²) in [7, 11) is 0. The van der Waals surface area contributed by atoms with Crippen LogP contribution in [0.3, 0.4) is 0 Å². The molecule has 2 aromatic heterocycles. The molecule has 1 amide bonds. The lowest BCUT2D eigenvalue weighted by molar-refractivity contribution is 0.0379. The van der Waals surface area contributed by atoms with E-state index in [4.69, 9.17) is 18.6 Å². The lowest BCUT2D eigenvalue weighted by Gasteiger charge is -2.10. The number of benzene rings is 1. The van der Waals surface area contributed by atoms with Gasteiger partial charge in [-0.25, -0.2) is 22.8 Å². The SMILES string of the molecule is CCOC(=O)c1sc(NC(=O)c2ccc(COc3c(F)c(F)c(F)c(F)c3F)o2)c(C(=O)OC(C)C)c1C. The van der Waals surface area contributed by atoms with Gasteiger partial charge >= 0.3 is 11.9 Å². The summed E-state index contributed by atoms with van der Waals surface area (Å²) in [4.78, 5) is 37.8. The number of carbonyl (C=O) groups excluding carboxylic acids is 3. The summed E-state index contributed by atoms with van der Waals surface area (Å²) in [5.74, 6) is -15.5. The number of furan rings is 1. The average molecular weight is 561 g/mol.